The standard InChI is InChI=1S/C11H15NO4/c1-2-15-10(13)6-8-3-4-12-9(5-8)7-16-11(12)14/h6,9H,2-5,7H2,1H3/b8-6-/t9-/m1/s1. The van der Waals surface area contributed by atoms with Crippen LogP contribution in [-0.2, 0) is 14.3 Å². The van der Waals surface area contributed by atoms with Crippen molar-refractivity contribution in [1.29, 1.82) is 0 Å². The van der Waals surface area contributed by atoms with Crippen LogP contribution in [-0.4, -0.2) is 42.8 Å². The quantitative estimate of drug-likeness (QED) is 0.521. The number of esters is 1. The molecule has 5 nitrogen and oxygen atoms in total. The maximum Gasteiger partial charge on any atom is 0.410 e. The van der Waals surface area contributed by atoms with Crippen LogP contribution in [0.2, 0.25) is 0 Å². The van der Waals surface area contributed by atoms with Gasteiger partial charge in [-0.2, -0.15) is 0 Å². The molecule has 88 valence electrons. The summed E-state index contributed by atoms with van der Waals surface area (Å²) in [4.78, 5) is 24.2. The average molecular weight is 225 g/mol. The zero-order valence-corrected chi connectivity index (χ0v) is 9.27. The Bertz CT molecular complexity index is 337. The first-order valence-electron chi connectivity index (χ1n) is 5.50. The van der Waals surface area contributed by atoms with Gasteiger partial charge in [0.05, 0.1) is 12.6 Å². The molecule has 0 radical (unpaired) electrons. The minimum atomic E-state index is -0.295. The molecule has 0 saturated carbocycles. The monoisotopic (exact) mass is 225 g/mol. The van der Waals surface area contributed by atoms with Crippen LogP contribution in [0.15, 0.2) is 11.6 Å². The lowest BCUT2D eigenvalue weighted by atomic mass is 9.98. The second-order valence-corrected chi connectivity index (χ2v) is 3.93. The van der Waals surface area contributed by atoms with Gasteiger partial charge in [0.15, 0.2) is 0 Å². The minimum Gasteiger partial charge on any atom is -0.463 e. The second kappa shape index (κ2) is 4.55. The Morgan fingerprint density at radius 3 is 3.25 bits per heavy atom. The van der Waals surface area contributed by atoms with E-state index in [1.165, 1.54) is 0 Å². The van der Waals surface area contributed by atoms with E-state index in [4.69, 9.17) is 9.47 Å². The topological polar surface area (TPSA) is 55.8 Å². The highest BCUT2D eigenvalue weighted by atomic mass is 16.6. The van der Waals surface area contributed by atoms with Gasteiger partial charge in [-0.15, -0.1) is 0 Å². The molecule has 2 fully saturated rings. The average Bonchev–Trinajstić information content (AvgIpc) is 2.60. The van der Waals surface area contributed by atoms with Crippen molar-refractivity contribution >= 4 is 12.1 Å². The van der Waals surface area contributed by atoms with Crippen LogP contribution in [0.4, 0.5) is 4.79 Å². The molecule has 0 N–H and O–H groups in total. The molecule has 2 aliphatic heterocycles. The van der Waals surface area contributed by atoms with E-state index in [-0.39, 0.29) is 18.1 Å². The molecular weight excluding hydrogens is 210 g/mol. The molecule has 5 heteroatoms. The van der Waals surface area contributed by atoms with Crippen molar-refractivity contribution in [2.75, 3.05) is 19.8 Å². The molecule has 0 bridgehead atoms. The molecule has 2 saturated heterocycles. The van der Waals surface area contributed by atoms with Crippen LogP contribution >= 0.6 is 0 Å². The van der Waals surface area contributed by atoms with Gasteiger partial charge in [0.1, 0.15) is 6.61 Å². The molecule has 0 unspecified atom stereocenters. The number of piperidine rings is 1. The number of hydrogen-bond acceptors (Lipinski definition) is 4. The molecule has 0 aromatic carbocycles. The molecular formula is C11H15NO4. The maximum atomic E-state index is 11.3. The molecule has 0 aromatic heterocycles. The number of amides is 1. The number of carbonyl (C=O) groups excluding carboxylic acids is 2. The molecule has 0 aromatic rings. The fraction of sp³-hybridized carbons (Fsp3) is 0.636. The van der Waals surface area contributed by atoms with E-state index < -0.39 is 0 Å². The van der Waals surface area contributed by atoms with Gasteiger partial charge < -0.3 is 14.4 Å². The molecule has 2 rings (SSSR count). The van der Waals surface area contributed by atoms with E-state index in [2.05, 4.69) is 0 Å². The first kappa shape index (κ1) is 11.0. The highest BCUT2D eigenvalue weighted by Gasteiger charge is 2.36. The zero-order valence-electron chi connectivity index (χ0n) is 9.27. The summed E-state index contributed by atoms with van der Waals surface area (Å²) in [5, 5.41) is 0. The number of nitrogens with zero attached hydrogens (tertiary/aromatic N) is 1. The summed E-state index contributed by atoms with van der Waals surface area (Å²) in [6, 6.07) is 0.0990. The van der Waals surface area contributed by atoms with Crippen molar-refractivity contribution < 1.29 is 19.1 Å². The van der Waals surface area contributed by atoms with E-state index in [0.717, 1.165) is 12.0 Å². The van der Waals surface area contributed by atoms with Crippen molar-refractivity contribution in [3.05, 3.63) is 11.6 Å². The fourth-order valence-electron chi connectivity index (χ4n) is 2.08. The van der Waals surface area contributed by atoms with Gasteiger partial charge in [0, 0.05) is 12.6 Å². The fourth-order valence-corrected chi connectivity index (χ4v) is 2.08. The first-order chi connectivity index (χ1) is 7.70. The summed E-state index contributed by atoms with van der Waals surface area (Å²) in [6.07, 6.45) is 2.75. The number of ether oxygens (including phenoxy) is 2. The molecule has 1 amide bonds. The smallest absolute Gasteiger partial charge is 0.410 e. The minimum absolute atomic E-state index is 0.0990. The summed E-state index contributed by atoms with van der Waals surface area (Å²) < 4.78 is 9.79. The van der Waals surface area contributed by atoms with Gasteiger partial charge in [0.2, 0.25) is 0 Å². The molecule has 0 spiro atoms. The lowest BCUT2D eigenvalue weighted by Gasteiger charge is -2.27. The highest BCUT2D eigenvalue weighted by Crippen LogP contribution is 2.26. The third-order valence-electron chi connectivity index (χ3n) is 2.85. The Kier molecular flexibility index (Phi) is 3.12. The number of cyclic esters (lactones) is 1. The Hall–Kier alpha value is -1.52. The third-order valence-corrected chi connectivity index (χ3v) is 2.85. The number of fused-ring (bicyclic) bond motifs is 1. The Morgan fingerprint density at radius 1 is 1.69 bits per heavy atom. The molecule has 2 aliphatic rings. The molecule has 0 aliphatic carbocycles. The predicted molar refractivity (Wildman–Crippen MR) is 55.8 cm³/mol. The molecule has 16 heavy (non-hydrogen) atoms. The largest absolute Gasteiger partial charge is 0.463 e. The summed E-state index contributed by atoms with van der Waals surface area (Å²) >= 11 is 0. The van der Waals surface area contributed by atoms with E-state index in [9.17, 15) is 9.59 Å². The SMILES string of the molecule is CCOC(=O)/C=C1/CCN2C(=O)OC[C@H]2C1. The van der Waals surface area contributed by atoms with Crippen molar-refractivity contribution in [3.8, 4) is 0 Å². The first-order valence-corrected chi connectivity index (χ1v) is 5.50. The van der Waals surface area contributed by atoms with Crippen LogP contribution in [0.1, 0.15) is 19.8 Å². The van der Waals surface area contributed by atoms with E-state index in [0.29, 0.717) is 26.2 Å². The zero-order chi connectivity index (χ0) is 11.5. The second-order valence-electron chi connectivity index (χ2n) is 3.93. The van der Waals surface area contributed by atoms with Crippen LogP contribution in [0.25, 0.3) is 0 Å². The Balaban J connectivity index is 1.96. The van der Waals surface area contributed by atoms with Gasteiger partial charge in [-0.1, -0.05) is 5.57 Å². The maximum absolute atomic E-state index is 11.3. The van der Waals surface area contributed by atoms with E-state index in [1.54, 1.807) is 17.9 Å². The van der Waals surface area contributed by atoms with E-state index in [1.807, 2.05) is 0 Å². The van der Waals surface area contributed by atoms with Crippen LogP contribution < -0.4 is 0 Å². The van der Waals surface area contributed by atoms with Gasteiger partial charge in [-0.25, -0.2) is 9.59 Å². The predicted octanol–water partition coefficient (Wildman–Crippen LogP) is 1.09. The molecule has 2 heterocycles. The summed E-state index contributed by atoms with van der Waals surface area (Å²) in [7, 11) is 0. The van der Waals surface area contributed by atoms with Crippen molar-refractivity contribution in [2.24, 2.45) is 0 Å². The van der Waals surface area contributed by atoms with Crippen LogP contribution in [0, 0.1) is 0 Å². The Morgan fingerprint density at radius 2 is 2.50 bits per heavy atom. The van der Waals surface area contributed by atoms with Gasteiger partial charge in [-0.05, 0) is 19.8 Å². The van der Waals surface area contributed by atoms with Crippen LogP contribution in [0.3, 0.4) is 0 Å². The number of hydrogen-bond donors (Lipinski definition) is 0. The summed E-state index contributed by atoms with van der Waals surface area (Å²) in [5.74, 6) is -0.295. The third kappa shape index (κ3) is 2.18. The molecule has 1 atom stereocenters. The van der Waals surface area contributed by atoms with Crippen molar-refractivity contribution in [3.63, 3.8) is 0 Å². The van der Waals surface area contributed by atoms with Gasteiger partial charge in [-0.3, -0.25) is 0 Å². The van der Waals surface area contributed by atoms with Gasteiger partial charge >= 0.3 is 12.1 Å². The number of carbonyl (C=O) groups is 2. The van der Waals surface area contributed by atoms with Crippen LogP contribution in [0.5, 0.6) is 0 Å². The summed E-state index contributed by atoms with van der Waals surface area (Å²) in [5.41, 5.74) is 1.04. The van der Waals surface area contributed by atoms with Crippen molar-refractivity contribution in [1.82, 2.24) is 4.90 Å². The number of rotatable bonds is 2. The van der Waals surface area contributed by atoms with E-state index >= 15 is 0 Å². The Labute approximate surface area is 94.0 Å². The highest BCUT2D eigenvalue weighted by molar-refractivity contribution is 5.83. The lowest BCUT2D eigenvalue weighted by molar-refractivity contribution is -0.137. The van der Waals surface area contributed by atoms with Crippen molar-refractivity contribution in [2.45, 2.75) is 25.8 Å². The normalized spacial score (nSPS) is 26.6. The summed E-state index contributed by atoms with van der Waals surface area (Å²) in [6.45, 7) is 3.23. The van der Waals surface area contributed by atoms with Gasteiger partial charge in [0.25, 0.3) is 0 Å². The lowest BCUT2D eigenvalue weighted by Crippen LogP contribution is -2.38.